The lowest BCUT2D eigenvalue weighted by Crippen LogP contribution is -2.05. The van der Waals surface area contributed by atoms with E-state index in [4.69, 9.17) is 4.74 Å². The van der Waals surface area contributed by atoms with Crippen LogP contribution < -0.4 is 4.74 Å². The molecule has 0 saturated carbocycles. The van der Waals surface area contributed by atoms with Crippen LogP contribution >= 0.6 is 0 Å². The Morgan fingerprint density at radius 2 is 1.83 bits per heavy atom. The van der Waals surface area contributed by atoms with Crippen molar-refractivity contribution in [3.63, 3.8) is 0 Å². The quantitative estimate of drug-likeness (QED) is 0.434. The molecule has 0 saturated heterocycles. The van der Waals surface area contributed by atoms with E-state index in [1.807, 2.05) is 12.1 Å². The third-order valence-corrected chi connectivity index (χ3v) is 4.47. The molecule has 0 aliphatic heterocycles. The highest BCUT2D eigenvalue weighted by Gasteiger charge is 2.12. The fourth-order valence-corrected chi connectivity index (χ4v) is 2.88. The zero-order chi connectivity index (χ0) is 16.3. The number of rotatable bonds is 7. The van der Waals surface area contributed by atoms with Crippen molar-refractivity contribution in [1.29, 1.82) is 0 Å². The van der Waals surface area contributed by atoms with Crippen molar-refractivity contribution in [3.8, 4) is 17.6 Å². The summed E-state index contributed by atoms with van der Waals surface area (Å²) < 4.78 is 5.68. The number of unbranched alkanes of at least 4 members (excludes halogenated alkanes) is 2. The third-order valence-electron chi connectivity index (χ3n) is 4.47. The van der Waals surface area contributed by atoms with Gasteiger partial charge in [-0.3, -0.25) is 0 Å². The second-order valence-corrected chi connectivity index (χ2v) is 6.49. The summed E-state index contributed by atoms with van der Waals surface area (Å²) in [6.07, 6.45) is 12.4. The van der Waals surface area contributed by atoms with Crippen LogP contribution in [0.4, 0.5) is 0 Å². The first-order chi connectivity index (χ1) is 11.3. The van der Waals surface area contributed by atoms with E-state index in [1.54, 1.807) is 0 Å². The number of hydrogen-bond donors (Lipinski definition) is 0. The van der Waals surface area contributed by atoms with Crippen LogP contribution in [-0.2, 0) is 0 Å². The first-order valence-electron chi connectivity index (χ1n) is 9.25. The topological polar surface area (TPSA) is 9.23 Å². The molecule has 0 fully saturated rings. The van der Waals surface area contributed by atoms with Crippen molar-refractivity contribution >= 4 is 0 Å². The van der Waals surface area contributed by atoms with Crippen LogP contribution in [0, 0.1) is 17.8 Å². The van der Waals surface area contributed by atoms with E-state index in [0.717, 1.165) is 43.1 Å². The van der Waals surface area contributed by atoms with Crippen LogP contribution in [-0.4, -0.2) is 6.61 Å². The lowest BCUT2D eigenvalue weighted by Gasteiger charge is -2.19. The van der Waals surface area contributed by atoms with E-state index >= 15 is 0 Å². The van der Waals surface area contributed by atoms with Gasteiger partial charge in [0.05, 0.1) is 6.61 Å². The fraction of sp³-hybridized carbons (Fsp3) is 0.545. The van der Waals surface area contributed by atoms with Gasteiger partial charge in [-0.15, -0.1) is 0 Å². The van der Waals surface area contributed by atoms with Crippen molar-refractivity contribution in [2.45, 2.75) is 65.2 Å². The second kappa shape index (κ2) is 10.2. The van der Waals surface area contributed by atoms with Crippen LogP contribution in [0.5, 0.6) is 5.75 Å². The SMILES string of the molecule is CCCCOc1ccc(C#CC2=CCC(CCCC)CC2)cc1. The van der Waals surface area contributed by atoms with Gasteiger partial charge in [0.2, 0.25) is 0 Å². The standard InChI is InChI=1S/C22H30O/c1-3-5-7-19-8-10-20(11-9-19)12-13-21-14-16-22(17-15-21)23-18-6-4-2/h10,14-17,19H,3-9,11,18H2,1-2H3. The van der Waals surface area contributed by atoms with Crippen molar-refractivity contribution in [2.24, 2.45) is 5.92 Å². The van der Waals surface area contributed by atoms with Crippen molar-refractivity contribution in [2.75, 3.05) is 6.61 Å². The summed E-state index contributed by atoms with van der Waals surface area (Å²) in [7, 11) is 0. The average molecular weight is 310 g/mol. The molecule has 1 nitrogen and oxygen atoms in total. The van der Waals surface area contributed by atoms with Gasteiger partial charge < -0.3 is 4.74 Å². The highest BCUT2D eigenvalue weighted by molar-refractivity contribution is 5.43. The molecule has 1 atom stereocenters. The second-order valence-electron chi connectivity index (χ2n) is 6.49. The first-order valence-corrected chi connectivity index (χ1v) is 9.25. The summed E-state index contributed by atoms with van der Waals surface area (Å²) in [5, 5.41) is 0. The van der Waals surface area contributed by atoms with E-state index < -0.39 is 0 Å². The molecular weight excluding hydrogens is 280 g/mol. The Hall–Kier alpha value is -1.68. The van der Waals surface area contributed by atoms with Crippen LogP contribution in [0.2, 0.25) is 0 Å². The molecule has 0 radical (unpaired) electrons. The van der Waals surface area contributed by atoms with E-state index in [1.165, 1.54) is 37.7 Å². The molecule has 1 aliphatic rings. The smallest absolute Gasteiger partial charge is 0.119 e. The van der Waals surface area contributed by atoms with Crippen molar-refractivity contribution < 1.29 is 4.74 Å². The Morgan fingerprint density at radius 1 is 1.04 bits per heavy atom. The Balaban J connectivity index is 1.83. The maximum Gasteiger partial charge on any atom is 0.119 e. The average Bonchev–Trinajstić information content (AvgIpc) is 2.60. The summed E-state index contributed by atoms with van der Waals surface area (Å²) in [5.74, 6) is 8.48. The zero-order valence-corrected chi connectivity index (χ0v) is 14.7. The van der Waals surface area contributed by atoms with Crippen molar-refractivity contribution in [1.82, 2.24) is 0 Å². The lowest BCUT2D eigenvalue weighted by atomic mass is 9.86. The molecular formula is C22H30O. The Kier molecular flexibility index (Phi) is 7.81. The van der Waals surface area contributed by atoms with Gasteiger partial charge >= 0.3 is 0 Å². The van der Waals surface area contributed by atoms with Gasteiger partial charge in [-0.25, -0.2) is 0 Å². The molecule has 0 heterocycles. The van der Waals surface area contributed by atoms with Gasteiger partial charge in [0.25, 0.3) is 0 Å². The normalized spacial score (nSPS) is 17.1. The minimum Gasteiger partial charge on any atom is -0.494 e. The highest BCUT2D eigenvalue weighted by atomic mass is 16.5. The lowest BCUT2D eigenvalue weighted by molar-refractivity contribution is 0.309. The molecule has 1 unspecified atom stereocenters. The molecule has 1 aromatic rings. The third kappa shape index (κ3) is 6.53. The molecule has 0 N–H and O–H groups in total. The number of hydrogen-bond acceptors (Lipinski definition) is 1. The maximum absolute atomic E-state index is 5.68. The van der Waals surface area contributed by atoms with Gasteiger partial charge in [0.15, 0.2) is 0 Å². The fourth-order valence-electron chi connectivity index (χ4n) is 2.88. The Labute approximate surface area is 142 Å². The van der Waals surface area contributed by atoms with E-state index in [2.05, 4.69) is 43.9 Å². The monoisotopic (exact) mass is 310 g/mol. The summed E-state index contributed by atoms with van der Waals surface area (Å²) >= 11 is 0. The summed E-state index contributed by atoms with van der Waals surface area (Å²) in [6, 6.07) is 8.16. The molecule has 23 heavy (non-hydrogen) atoms. The summed E-state index contributed by atoms with van der Waals surface area (Å²) in [4.78, 5) is 0. The number of allylic oxidation sites excluding steroid dienone is 2. The van der Waals surface area contributed by atoms with Crippen LogP contribution in [0.15, 0.2) is 35.9 Å². The maximum atomic E-state index is 5.68. The minimum absolute atomic E-state index is 0.799. The largest absolute Gasteiger partial charge is 0.494 e. The molecule has 124 valence electrons. The Bertz CT molecular complexity index is 542. The molecule has 1 aromatic carbocycles. The zero-order valence-electron chi connectivity index (χ0n) is 14.7. The van der Waals surface area contributed by atoms with Crippen LogP contribution in [0.3, 0.4) is 0 Å². The number of benzene rings is 1. The molecule has 0 amide bonds. The van der Waals surface area contributed by atoms with Crippen LogP contribution in [0.25, 0.3) is 0 Å². The van der Waals surface area contributed by atoms with E-state index in [0.29, 0.717) is 0 Å². The molecule has 0 spiro atoms. The van der Waals surface area contributed by atoms with Gasteiger partial charge in [-0.1, -0.05) is 57.4 Å². The molecule has 1 aliphatic carbocycles. The van der Waals surface area contributed by atoms with Gasteiger partial charge in [0, 0.05) is 5.56 Å². The molecule has 2 rings (SSSR count). The van der Waals surface area contributed by atoms with Gasteiger partial charge in [-0.05, 0) is 61.4 Å². The highest BCUT2D eigenvalue weighted by Crippen LogP contribution is 2.27. The molecule has 0 bridgehead atoms. The Morgan fingerprint density at radius 3 is 2.48 bits per heavy atom. The molecule has 1 heteroatoms. The molecule has 0 aromatic heterocycles. The van der Waals surface area contributed by atoms with Crippen LogP contribution in [0.1, 0.15) is 70.8 Å². The number of ether oxygens (including phenoxy) is 1. The predicted molar refractivity (Wildman–Crippen MR) is 98.7 cm³/mol. The van der Waals surface area contributed by atoms with E-state index in [9.17, 15) is 0 Å². The minimum atomic E-state index is 0.799. The summed E-state index contributed by atoms with van der Waals surface area (Å²) in [5.41, 5.74) is 2.39. The van der Waals surface area contributed by atoms with Crippen molar-refractivity contribution in [3.05, 3.63) is 41.5 Å². The first kappa shape index (κ1) is 17.7. The summed E-state index contributed by atoms with van der Waals surface area (Å²) in [6.45, 7) is 5.25. The van der Waals surface area contributed by atoms with Gasteiger partial charge in [-0.2, -0.15) is 0 Å². The van der Waals surface area contributed by atoms with E-state index in [-0.39, 0.29) is 0 Å². The van der Waals surface area contributed by atoms with Gasteiger partial charge in [0.1, 0.15) is 5.75 Å². The predicted octanol–water partition coefficient (Wildman–Crippen LogP) is 6.13.